The van der Waals surface area contributed by atoms with E-state index in [1.54, 1.807) is 0 Å². The van der Waals surface area contributed by atoms with E-state index < -0.39 is 7.12 Å². The van der Waals surface area contributed by atoms with Crippen LogP contribution < -0.4 is 5.59 Å². The van der Waals surface area contributed by atoms with Crippen LogP contribution in [0.2, 0.25) is 0 Å². The Kier molecular flexibility index (Phi) is 7.16. The molecule has 43 heavy (non-hydrogen) atoms. The van der Waals surface area contributed by atoms with Gasteiger partial charge in [-0.1, -0.05) is 79.7 Å². The third kappa shape index (κ3) is 4.97. The standard InChI is InChI=1S/C38H36BNO3/c1-5-38(3,4)43-39(41-6-2)35-22-20-26(24-40-35)37-30-16-9-7-14-28(30)36(29-15-8-10-17-31(29)37)25-19-21-34-32(23-25)27-13-11-12-18-33(27)42-34/h7-11,13-17,19-24H,5-6,12,18H2,1-4H3. The number of rotatable bonds is 8. The first-order valence-corrected chi connectivity index (χ1v) is 15.4. The summed E-state index contributed by atoms with van der Waals surface area (Å²) in [4.78, 5) is 4.89. The van der Waals surface area contributed by atoms with Gasteiger partial charge in [0, 0.05) is 41.3 Å². The van der Waals surface area contributed by atoms with Crippen molar-refractivity contribution in [1.82, 2.24) is 4.98 Å². The predicted octanol–water partition coefficient (Wildman–Crippen LogP) is 9.36. The van der Waals surface area contributed by atoms with Crippen LogP contribution in [0.25, 0.3) is 60.8 Å². The molecule has 7 rings (SSSR count). The molecular weight excluding hydrogens is 529 g/mol. The Bertz CT molecular complexity index is 1930. The van der Waals surface area contributed by atoms with Gasteiger partial charge in [-0.3, -0.25) is 4.98 Å². The normalized spacial score (nSPS) is 13.2. The first-order chi connectivity index (χ1) is 21.0. The molecular formula is C38H36BNO3. The Morgan fingerprint density at radius 1 is 0.814 bits per heavy atom. The van der Waals surface area contributed by atoms with Gasteiger partial charge in [0.15, 0.2) is 0 Å². The van der Waals surface area contributed by atoms with Crippen LogP contribution in [0.4, 0.5) is 0 Å². The Morgan fingerprint density at radius 3 is 2.07 bits per heavy atom. The van der Waals surface area contributed by atoms with Gasteiger partial charge in [0.2, 0.25) is 0 Å². The molecule has 4 nitrogen and oxygen atoms in total. The molecule has 2 heterocycles. The number of aryl methyl sites for hydroxylation is 1. The summed E-state index contributed by atoms with van der Waals surface area (Å²) in [7, 11) is -0.511. The van der Waals surface area contributed by atoms with E-state index in [1.165, 1.54) is 49.2 Å². The molecule has 0 saturated heterocycles. The lowest BCUT2D eigenvalue weighted by molar-refractivity contribution is 0.0702. The Hall–Kier alpha value is -4.19. The number of pyridine rings is 1. The van der Waals surface area contributed by atoms with Crippen molar-refractivity contribution in [3.8, 4) is 22.3 Å². The zero-order valence-electron chi connectivity index (χ0n) is 25.3. The Morgan fingerprint density at radius 2 is 1.47 bits per heavy atom. The third-order valence-corrected chi connectivity index (χ3v) is 8.76. The molecule has 6 aromatic rings. The van der Waals surface area contributed by atoms with E-state index in [4.69, 9.17) is 18.7 Å². The number of fused-ring (bicyclic) bond motifs is 5. The van der Waals surface area contributed by atoms with Gasteiger partial charge in [-0.2, -0.15) is 0 Å². The highest BCUT2D eigenvalue weighted by Crippen LogP contribution is 2.44. The van der Waals surface area contributed by atoms with Gasteiger partial charge in [0.25, 0.3) is 0 Å². The largest absolute Gasteiger partial charge is 0.513 e. The summed E-state index contributed by atoms with van der Waals surface area (Å²) >= 11 is 0. The number of furan rings is 1. The quantitative estimate of drug-likeness (QED) is 0.136. The van der Waals surface area contributed by atoms with E-state index in [0.717, 1.165) is 41.8 Å². The van der Waals surface area contributed by atoms with Crippen LogP contribution in [-0.2, 0) is 15.7 Å². The second-order valence-electron chi connectivity index (χ2n) is 11.9. The van der Waals surface area contributed by atoms with Crippen LogP contribution in [0.3, 0.4) is 0 Å². The van der Waals surface area contributed by atoms with Gasteiger partial charge in [-0.05, 0) is 90.0 Å². The summed E-state index contributed by atoms with van der Waals surface area (Å²) in [5.41, 5.74) is 7.32. The summed E-state index contributed by atoms with van der Waals surface area (Å²) in [6, 6.07) is 28.3. The molecule has 1 aliphatic carbocycles. The molecule has 4 aromatic carbocycles. The Balaban J connectivity index is 1.40. The third-order valence-electron chi connectivity index (χ3n) is 8.76. The van der Waals surface area contributed by atoms with Crippen molar-refractivity contribution < 1.29 is 13.7 Å². The first-order valence-electron chi connectivity index (χ1n) is 15.4. The summed E-state index contributed by atoms with van der Waals surface area (Å²) in [6.45, 7) is 8.83. The lowest BCUT2D eigenvalue weighted by Crippen LogP contribution is -2.45. The molecule has 1 aliphatic rings. The van der Waals surface area contributed by atoms with Crippen LogP contribution in [0.5, 0.6) is 0 Å². The summed E-state index contributed by atoms with van der Waals surface area (Å²) < 4.78 is 18.5. The molecule has 0 fully saturated rings. The maximum Gasteiger partial charge on any atom is 0.513 e. The number of aromatic nitrogens is 1. The molecule has 0 bridgehead atoms. The van der Waals surface area contributed by atoms with Gasteiger partial charge in [-0.25, -0.2) is 0 Å². The van der Waals surface area contributed by atoms with Gasteiger partial charge >= 0.3 is 7.12 Å². The van der Waals surface area contributed by atoms with E-state index in [2.05, 4.69) is 106 Å². The van der Waals surface area contributed by atoms with Gasteiger partial charge in [-0.15, -0.1) is 0 Å². The molecule has 0 aliphatic heterocycles. The average molecular weight is 566 g/mol. The van der Waals surface area contributed by atoms with Crippen molar-refractivity contribution in [2.45, 2.75) is 52.6 Å². The summed E-state index contributed by atoms with van der Waals surface area (Å²) in [6.07, 6.45) is 9.30. The fourth-order valence-electron chi connectivity index (χ4n) is 6.25. The van der Waals surface area contributed by atoms with E-state index in [0.29, 0.717) is 6.61 Å². The SMILES string of the molecule is CCOB(OC(C)(C)CC)c1ccc(-c2c3ccccc3c(-c3ccc4oc5c(c4c3)C=CCC5)c3ccccc23)cn1. The number of hydrogen-bond donors (Lipinski definition) is 0. The monoisotopic (exact) mass is 565 g/mol. The molecule has 0 unspecified atom stereocenters. The maximum atomic E-state index is 6.33. The van der Waals surface area contributed by atoms with Crippen molar-refractivity contribution in [1.29, 1.82) is 0 Å². The fourth-order valence-corrected chi connectivity index (χ4v) is 6.25. The zero-order chi connectivity index (χ0) is 29.6. The minimum atomic E-state index is -0.511. The van der Waals surface area contributed by atoms with Gasteiger partial charge in [0.05, 0.1) is 5.59 Å². The van der Waals surface area contributed by atoms with Crippen molar-refractivity contribution in [3.63, 3.8) is 0 Å². The predicted molar refractivity (Wildman–Crippen MR) is 180 cm³/mol. The minimum Gasteiger partial charge on any atom is -0.460 e. The van der Waals surface area contributed by atoms with Crippen LogP contribution >= 0.6 is 0 Å². The molecule has 0 atom stereocenters. The fraction of sp³-hybridized carbons (Fsp3) is 0.237. The molecule has 0 spiro atoms. The lowest BCUT2D eigenvalue weighted by Gasteiger charge is -2.27. The van der Waals surface area contributed by atoms with Crippen LogP contribution in [-0.4, -0.2) is 24.3 Å². The molecule has 0 amide bonds. The van der Waals surface area contributed by atoms with Gasteiger partial charge in [0.1, 0.15) is 11.3 Å². The smallest absolute Gasteiger partial charge is 0.460 e. The Labute approximate surface area is 253 Å². The molecule has 0 radical (unpaired) electrons. The number of allylic oxidation sites excluding steroid dienone is 1. The second-order valence-corrected chi connectivity index (χ2v) is 11.9. The molecule has 2 aromatic heterocycles. The molecule has 5 heteroatoms. The lowest BCUT2D eigenvalue weighted by atomic mass is 9.81. The highest BCUT2D eigenvalue weighted by Gasteiger charge is 2.30. The van der Waals surface area contributed by atoms with Crippen LogP contribution in [0.15, 0.2) is 95.6 Å². The molecule has 0 saturated carbocycles. The molecule has 214 valence electrons. The topological polar surface area (TPSA) is 44.5 Å². The van der Waals surface area contributed by atoms with Crippen LogP contribution in [0, 0.1) is 0 Å². The van der Waals surface area contributed by atoms with Crippen LogP contribution in [0.1, 0.15) is 51.9 Å². The van der Waals surface area contributed by atoms with E-state index >= 15 is 0 Å². The number of benzene rings is 4. The number of nitrogens with zero attached hydrogens (tertiary/aromatic N) is 1. The highest BCUT2D eigenvalue weighted by atomic mass is 16.6. The first kappa shape index (κ1) is 27.6. The van der Waals surface area contributed by atoms with Crippen molar-refractivity contribution in [2.24, 2.45) is 0 Å². The van der Waals surface area contributed by atoms with Gasteiger partial charge < -0.3 is 13.7 Å². The molecule has 0 N–H and O–H groups in total. The summed E-state index contributed by atoms with van der Waals surface area (Å²) in [5.74, 6) is 1.09. The van der Waals surface area contributed by atoms with Crippen molar-refractivity contribution in [3.05, 3.63) is 102 Å². The minimum absolute atomic E-state index is 0.308. The number of hydrogen-bond acceptors (Lipinski definition) is 4. The second kappa shape index (κ2) is 11.1. The average Bonchev–Trinajstić information content (AvgIpc) is 3.41. The van der Waals surface area contributed by atoms with E-state index in [1.807, 2.05) is 19.2 Å². The van der Waals surface area contributed by atoms with Crippen molar-refractivity contribution >= 4 is 51.3 Å². The van der Waals surface area contributed by atoms with Crippen molar-refractivity contribution in [2.75, 3.05) is 6.61 Å². The summed E-state index contributed by atoms with van der Waals surface area (Å²) in [5, 5.41) is 6.01. The maximum absolute atomic E-state index is 6.33. The zero-order valence-corrected chi connectivity index (χ0v) is 25.3. The van der Waals surface area contributed by atoms with E-state index in [-0.39, 0.29) is 5.60 Å². The van der Waals surface area contributed by atoms with E-state index in [9.17, 15) is 0 Å². The highest BCUT2D eigenvalue weighted by molar-refractivity contribution is 6.60.